The lowest BCUT2D eigenvalue weighted by atomic mass is 9.98. The van der Waals surface area contributed by atoms with E-state index >= 15 is 0 Å². The molecule has 1 aromatic heterocycles. The average Bonchev–Trinajstić information content (AvgIpc) is 2.46. The Hall–Kier alpha value is -2.16. The Kier molecular flexibility index (Phi) is 2.43. The first-order chi connectivity index (χ1) is 9.72. The fourth-order valence-electron chi connectivity index (χ4n) is 3.16. The minimum atomic E-state index is 0.974. The van der Waals surface area contributed by atoms with E-state index in [1.807, 2.05) is 0 Å². The van der Waals surface area contributed by atoms with Gasteiger partial charge in [0.2, 0.25) is 0 Å². The van der Waals surface area contributed by atoms with Gasteiger partial charge in [-0.1, -0.05) is 11.6 Å². The van der Waals surface area contributed by atoms with Crippen LogP contribution >= 0.6 is 0 Å². The molecule has 1 aliphatic heterocycles. The first-order valence-corrected chi connectivity index (χ1v) is 7.13. The molecule has 0 saturated carbocycles. The van der Waals surface area contributed by atoms with Crippen molar-refractivity contribution >= 4 is 27.5 Å². The summed E-state index contributed by atoms with van der Waals surface area (Å²) < 4.78 is 0. The molecule has 0 amide bonds. The van der Waals surface area contributed by atoms with Crippen molar-refractivity contribution in [3.63, 3.8) is 0 Å². The molecular weight excluding hydrogens is 246 g/mol. The molecule has 0 unspecified atom stereocenters. The van der Waals surface area contributed by atoms with Crippen molar-refractivity contribution in [3.8, 4) is 0 Å². The molecule has 2 aromatic carbocycles. The predicted octanol–water partition coefficient (Wildman–Crippen LogP) is 3.47. The lowest BCUT2D eigenvalue weighted by molar-refractivity contribution is 0.745. The van der Waals surface area contributed by atoms with E-state index in [4.69, 9.17) is 0 Å². The molecule has 0 bridgehead atoms. The number of anilines is 1. The van der Waals surface area contributed by atoms with Gasteiger partial charge in [-0.05, 0) is 49.6 Å². The Morgan fingerprint density at radius 1 is 1.00 bits per heavy atom. The number of aryl methyl sites for hydroxylation is 2. The monoisotopic (exact) mass is 263 g/mol. The molecule has 1 aliphatic rings. The second-order valence-electron chi connectivity index (χ2n) is 5.74. The van der Waals surface area contributed by atoms with Gasteiger partial charge in [-0.3, -0.25) is 0 Å². The van der Waals surface area contributed by atoms with E-state index in [2.05, 4.69) is 59.4 Å². The Morgan fingerprint density at radius 2 is 1.80 bits per heavy atom. The fourth-order valence-corrected chi connectivity index (χ4v) is 3.16. The second kappa shape index (κ2) is 4.17. The average molecular weight is 263 g/mol. The lowest BCUT2D eigenvalue weighted by Crippen LogP contribution is -2.24. The molecule has 100 valence electrons. The van der Waals surface area contributed by atoms with Crippen molar-refractivity contribution in [2.45, 2.75) is 19.8 Å². The summed E-state index contributed by atoms with van der Waals surface area (Å²) in [5.41, 5.74) is 5.99. The number of aromatic nitrogens is 2. The first kappa shape index (κ1) is 11.6. The van der Waals surface area contributed by atoms with Crippen LogP contribution in [0.25, 0.3) is 21.8 Å². The molecule has 2 heterocycles. The predicted molar refractivity (Wildman–Crippen MR) is 83.4 cm³/mol. The molecule has 0 radical (unpaired) electrons. The highest BCUT2D eigenvalue weighted by Gasteiger charge is 2.16. The SMILES string of the molecule is Cc1ccc2nnc3cc4c(cc3c2c1)N(C)CCC4. The summed E-state index contributed by atoms with van der Waals surface area (Å²) in [7, 11) is 2.17. The van der Waals surface area contributed by atoms with Gasteiger partial charge in [0, 0.05) is 30.1 Å². The minimum Gasteiger partial charge on any atom is -0.374 e. The smallest absolute Gasteiger partial charge is 0.0940 e. The third-order valence-electron chi connectivity index (χ3n) is 4.26. The summed E-state index contributed by atoms with van der Waals surface area (Å²) >= 11 is 0. The summed E-state index contributed by atoms with van der Waals surface area (Å²) in [6.45, 7) is 3.25. The quantitative estimate of drug-likeness (QED) is 0.581. The van der Waals surface area contributed by atoms with Crippen LogP contribution in [0.2, 0.25) is 0 Å². The van der Waals surface area contributed by atoms with E-state index in [9.17, 15) is 0 Å². The summed E-state index contributed by atoms with van der Waals surface area (Å²) in [6, 6.07) is 10.9. The zero-order valence-electron chi connectivity index (χ0n) is 11.8. The van der Waals surface area contributed by atoms with Gasteiger partial charge >= 0.3 is 0 Å². The molecule has 0 N–H and O–H groups in total. The Labute approximate surface area is 118 Å². The molecule has 4 rings (SSSR count). The van der Waals surface area contributed by atoms with Gasteiger partial charge < -0.3 is 4.90 Å². The molecule has 0 atom stereocenters. The molecular formula is C17H17N3. The lowest BCUT2D eigenvalue weighted by Gasteiger charge is -2.27. The van der Waals surface area contributed by atoms with Crippen LogP contribution in [0.15, 0.2) is 30.3 Å². The van der Waals surface area contributed by atoms with Crippen LogP contribution in [0, 0.1) is 6.92 Å². The van der Waals surface area contributed by atoms with Crippen molar-refractivity contribution < 1.29 is 0 Å². The van der Waals surface area contributed by atoms with Gasteiger partial charge in [0.1, 0.15) is 0 Å². The van der Waals surface area contributed by atoms with Gasteiger partial charge in [0.05, 0.1) is 11.0 Å². The maximum atomic E-state index is 4.40. The van der Waals surface area contributed by atoms with Crippen molar-refractivity contribution in [2.24, 2.45) is 0 Å². The van der Waals surface area contributed by atoms with Gasteiger partial charge in [-0.25, -0.2) is 0 Å². The van der Waals surface area contributed by atoms with E-state index in [-0.39, 0.29) is 0 Å². The topological polar surface area (TPSA) is 29.0 Å². The van der Waals surface area contributed by atoms with Crippen LogP contribution in [-0.2, 0) is 6.42 Å². The third kappa shape index (κ3) is 1.66. The summed E-state index contributed by atoms with van der Waals surface area (Å²) in [6.07, 6.45) is 2.36. The van der Waals surface area contributed by atoms with Crippen molar-refractivity contribution in [2.75, 3.05) is 18.5 Å². The van der Waals surface area contributed by atoms with E-state index in [0.717, 1.165) is 24.0 Å². The number of benzene rings is 2. The molecule has 3 heteroatoms. The third-order valence-corrected chi connectivity index (χ3v) is 4.26. The van der Waals surface area contributed by atoms with Gasteiger partial charge in [0.15, 0.2) is 0 Å². The minimum absolute atomic E-state index is 0.974. The molecule has 0 saturated heterocycles. The van der Waals surface area contributed by atoms with Gasteiger partial charge in [-0.15, -0.1) is 10.2 Å². The van der Waals surface area contributed by atoms with Gasteiger partial charge in [-0.2, -0.15) is 0 Å². The Bertz CT molecular complexity index is 823. The van der Waals surface area contributed by atoms with Crippen LogP contribution in [0.4, 0.5) is 5.69 Å². The fraction of sp³-hybridized carbons (Fsp3) is 0.294. The number of hydrogen-bond acceptors (Lipinski definition) is 3. The van der Waals surface area contributed by atoms with E-state index < -0.39 is 0 Å². The zero-order chi connectivity index (χ0) is 13.7. The van der Waals surface area contributed by atoms with Crippen molar-refractivity contribution in [1.82, 2.24) is 10.2 Å². The van der Waals surface area contributed by atoms with Crippen molar-refractivity contribution in [3.05, 3.63) is 41.5 Å². The molecule has 3 aromatic rings. The molecule has 0 spiro atoms. The highest BCUT2D eigenvalue weighted by atomic mass is 15.1. The summed E-state index contributed by atoms with van der Waals surface area (Å²) in [5.74, 6) is 0. The van der Waals surface area contributed by atoms with E-state index in [1.165, 1.54) is 34.0 Å². The van der Waals surface area contributed by atoms with Crippen LogP contribution in [-0.4, -0.2) is 23.8 Å². The van der Waals surface area contributed by atoms with Crippen LogP contribution < -0.4 is 4.90 Å². The van der Waals surface area contributed by atoms with E-state index in [0.29, 0.717) is 0 Å². The summed E-state index contributed by atoms with van der Waals surface area (Å²) in [5, 5.41) is 11.2. The molecule has 0 fully saturated rings. The van der Waals surface area contributed by atoms with Crippen molar-refractivity contribution in [1.29, 1.82) is 0 Å². The number of nitrogens with zero attached hydrogens (tertiary/aromatic N) is 3. The number of hydrogen-bond donors (Lipinski definition) is 0. The number of fused-ring (bicyclic) bond motifs is 4. The molecule has 0 aliphatic carbocycles. The summed E-state index contributed by atoms with van der Waals surface area (Å²) in [4.78, 5) is 2.35. The maximum absolute atomic E-state index is 4.40. The standard InChI is InChI=1S/C17H17N3/c1-11-5-6-15-13(8-11)14-10-17-12(4-3-7-20(17)2)9-16(14)19-18-15/h5-6,8-10H,3-4,7H2,1-2H3. The normalized spacial score (nSPS) is 14.8. The van der Waals surface area contributed by atoms with Crippen LogP contribution in [0.1, 0.15) is 17.5 Å². The highest BCUT2D eigenvalue weighted by molar-refractivity contribution is 6.05. The second-order valence-corrected chi connectivity index (χ2v) is 5.74. The largest absolute Gasteiger partial charge is 0.374 e. The number of rotatable bonds is 0. The molecule has 20 heavy (non-hydrogen) atoms. The molecule has 3 nitrogen and oxygen atoms in total. The van der Waals surface area contributed by atoms with Gasteiger partial charge in [0.25, 0.3) is 0 Å². The Balaban J connectivity index is 2.11. The Morgan fingerprint density at radius 3 is 2.70 bits per heavy atom. The van der Waals surface area contributed by atoms with Crippen LogP contribution in [0.5, 0.6) is 0 Å². The highest BCUT2D eigenvalue weighted by Crippen LogP contribution is 2.32. The first-order valence-electron chi connectivity index (χ1n) is 7.13. The maximum Gasteiger partial charge on any atom is 0.0940 e. The van der Waals surface area contributed by atoms with Crippen LogP contribution in [0.3, 0.4) is 0 Å². The van der Waals surface area contributed by atoms with E-state index in [1.54, 1.807) is 0 Å². The zero-order valence-corrected chi connectivity index (χ0v) is 11.8.